The first kappa shape index (κ1) is 39.3. The number of carboxylic acids is 1. The second-order valence-electron chi connectivity index (χ2n) is 13.0. The first-order valence-electron chi connectivity index (χ1n) is 16.7. The van der Waals surface area contributed by atoms with E-state index in [4.69, 9.17) is 16.3 Å². The van der Waals surface area contributed by atoms with Crippen molar-refractivity contribution in [3.8, 4) is 17.2 Å². The fourth-order valence-corrected chi connectivity index (χ4v) is 7.50. The number of halogens is 2. The predicted octanol–water partition coefficient (Wildman–Crippen LogP) is 1.32. The van der Waals surface area contributed by atoms with E-state index in [-0.39, 0.29) is 73.2 Å². The van der Waals surface area contributed by atoms with Crippen molar-refractivity contribution in [2.75, 3.05) is 26.2 Å². The molecule has 6 amide bonds. The van der Waals surface area contributed by atoms with Crippen LogP contribution in [0.1, 0.15) is 50.7 Å². The fraction of sp³-hybridized carbons (Fsp3) is 0.303. The molecule has 0 bridgehead atoms. The van der Waals surface area contributed by atoms with Crippen LogP contribution < -0.4 is 20.6 Å². The number of rotatable bonds is 8. The topological polar surface area (TPSA) is 267 Å². The molecule has 3 aliphatic rings. The maximum atomic E-state index is 14.0. The highest BCUT2D eigenvalue weighted by Gasteiger charge is 2.42. The van der Waals surface area contributed by atoms with E-state index in [9.17, 15) is 63.1 Å². The number of aromatic carboxylic acids is 1. The van der Waals surface area contributed by atoms with Gasteiger partial charge in [0.15, 0.2) is 17.3 Å². The lowest BCUT2D eigenvalue weighted by Crippen LogP contribution is -2.56. The maximum absolute atomic E-state index is 14.0. The van der Waals surface area contributed by atoms with Crippen LogP contribution in [0.15, 0.2) is 48.5 Å². The summed E-state index contributed by atoms with van der Waals surface area (Å²) in [6, 6.07) is 5.89. The molecule has 22 heteroatoms. The Morgan fingerprint density at radius 3 is 2.29 bits per heavy atom. The number of hydrogen-bond acceptors (Lipinski definition) is 10. The Morgan fingerprint density at radius 1 is 0.982 bits per heavy atom. The van der Waals surface area contributed by atoms with Crippen molar-refractivity contribution in [1.29, 1.82) is 0 Å². The lowest BCUT2D eigenvalue weighted by molar-refractivity contribution is -0.123. The SMILES string of the molecule is O=C(O)c1cccc2c1OB(O)[C@@H](NC(=O)[C@H](NC(=O)N1CCN(C3CCN(C(=O)c4cc(F)c(O)c(O)c4Cl)CC3)C1=O)c1ccc(P(=O)(O)O)cc1)C2. The van der Waals surface area contributed by atoms with Crippen molar-refractivity contribution < 1.29 is 67.7 Å². The highest BCUT2D eigenvalue weighted by atomic mass is 35.5. The van der Waals surface area contributed by atoms with Crippen molar-refractivity contribution in [2.24, 2.45) is 0 Å². The number of aromatic hydroxyl groups is 2. The van der Waals surface area contributed by atoms with Crippen molar-refractivity contribution in [3.05, 3.63) is 81.6 Å². The number of carboxylic acid groups (broad SMARTS) is 1. The largest absolute Gasteiger partial charge is 0.547 e. The molecule has 2 saturated heterocycles. The average Bonchev–Trinajstić information content (AvgIpc) is 3.54. The summed E-state index contributed by atoms with van der Waals surface area (Å²) in [7, 11) is -6.38. The van der Waals surface area contributed by atoms with Gasteiger partial charge in [0.1, 0.15) is 11.8 Å². The number of piperidine rings is 1. The lowest BCUT2D eigenvalue weighted by atomic mass is 9.72. The minimum atomic E-state index is -4.68. The molecule has 3 aliphatic heterocycles. The minimum absolute atomic E-state index is 0.0605. The lowest BCUT2D eigenvalue weighted by Gasteiger charge is -2.36. The van der Waals surface area contributed by atoms with Gasteiger partial charge in [0.2, 0.25) is 5.91 Å². The maximum Gasteiger partial charge on any atom is 0.547 e. The Bertz CT molecular complexity index is 2120. The zero-order valence-corrected chi connectivity index (χ0v) is 30.1. The van der Waals surface area contributed by atoms with Gasteiger partial charge < -0.3 is 55.2 Å². The number of fused-ring (bicyclic) bond motifs is 1. The molecular formula is C33H33BClFN5O13P. The molecule has 2 atom stereocenters. The summed E-state index contributed by atoms with van der Waals surface area (Å²) in [6.45, 7) is 0.218. The molecule has 0 spiro atoms. The van der Waals surface area contributed by atoms with E-state index in [1.165, 1.54) is 34.1 Å². The van der Waals surface area contributed by atoms with Gasteiger partial charge in [-0.25, -0.2) is 23.7 Å². The Balaban J connectivity index is 1.14. The summed E-state index contributed by atoms with van der Waals surface area (Å²) in [5, 5.41) is 43.8. The van der Waals surface area contributed by atoms with Crippen molar-refractivity contribution >= 4 is 61.5 Å². The summed E-state index contributed by atoms with van der Waals surface area (Å²) >= 11 is 5.98. The number of phenolic OH excluding ortho intramolecular Hbond substituents is 2. The summed E-state index contributed by atoms with van der Waals surface area (Å²) in [4.78, 5) is 88.5. The number of amides is 6. The monoisotopic (exact) mass is 803 g/mol. The number of carbonyl (C=O) groups is 5. The van der Waals surface area contributed by atoms with Crippen LogP contribution in [0.4, 0.5) is 14.0 Å². The Hall–Kier alpha value is -5.40. The molecule has 0 aromatic heterocycles. The van der Waals surface area contributed by atoms with Gasteiger partial charge >= 0.3 is 32.7 Å². The third-order valence-corrected chi connectivity index (χ3v) is 11.0. The van der Waals surface area contributed by atoms with Gasteiger partial charge in [-0.3, -0.25) is 14.2 Å². The van der Waals surface area contributed by atoms with Gasteiger partial charge in [-0.1, -0.05) is 35.9 Å². The van der Waals surface area contributed by atoms with Gasteiger partial charge in [-0.05, 0) is 54.7 Å². The number of nitrogens with one attached hydrogen (secondary N) is 2. The van der Waals surface area contributed by atoms with Crippen LogP contribution in [-0.2, 0) is 15.8 Å². The van der Waals surface area contributed by atoms with Crippen molar-refractivity contribution in [3.63, 3.8) is 0 Å². The second-order valence-corrected chi connectivity index (χ2v) is 15.0. The normalized spacial score (nSPS) is 18.1. The van der Waals surface area contributed by atoms with Crippen LogP contribution >= 0.6 is 19.2 Å². The Morgan fingerprint density at radius 2 is 1.65 bits per heavy atom. The number of phenols is 2. The van der Waals surface area contributed by atoms with Crippen molar-refractivity contribution in [2.45, 2.75) is 37.3 Å². The van der Waals surface area contributed by atoms with E-state index in [1.54, 1.807) is 6.07 Å². The zero-order valence-electron chi connectivity index (χ0n) is 28.5. The van der Waals surface area contributed by atoms with Crippen LogP contribution in [0.2, 0.25) is 5.02 Å². The third-order valence-electron chi connectivity index (χ3n) is 9.65. The smallest absolute Gasteiger partial charge is 0.534 e. The predicted molar refractivity (Wildman–Crippen MR) is 190 cm³/mol. The molecule has 18 nitrogen and oxygen atoms in total. The highest BCUT2D eigenvalue weighted by Crippen LogP contribution is 2.39. The van der Waals surface area contributed by atoms with Gasteiger partial charge in [0.05, 0.1) is 27.4 Å². The number of benzene rings is 3. The molecule has 6 rings (SSSR count). The van der Waals surface area contributed by atoms with Crippen LogP contribution in [0.25, 0.3) is 0 Å². The summed E-state index contributed by atoms with van der Waals surface area (Å²) in [5.41, 5.74) is -0.120. The number of para-hydroxylation sites is 1. The summed E-state index contributed by atoms with van der Waals surface area (Å²) in [5.74, 6) is -7.39. The molecule has 8 N–H and O–H groups in total. The second kappa shape index (κ2) is 15.4. The van der Waals surface area contributed by atoms with Crippen LogP contribution in [0.3, 0.4) is 0 Å². The van der Waals surface area contributed by atoms with Gasteiger partial charge in [-0.15, -0.1) is 0 Å². The molecule has 0 unspecified atom stereocenters. The molecule has 3 heterocycles. The molecular weight excluding hydrogens is 771 g/mol. The number of imide groups is 1. The number of hydrogen-bond donors (Lipinski definition) is 8. The molecule has 2 fully saturated rings. The molecule has 3 aromatic rings. The van der Waals surface area contributed by atoms with Crippen LogP contribution in [-0.4, -0.2) is 120 Å². The minimum Gasteiger partial charge on any atom is -0.534 e. The van der Waals surface area contributed by atoms with Crippen LogP contribution in [0.5, 0.6) is 17.2 Å². The fourth-order valence-electron chi connectivity index (χ4n) is 6.74. The van der Waals surface area contributed by atoms with E-state index in [0.29, 0.717) is 11.6 Å². The Labute approximate surface area is 316 Å². The summed E-state index contributed by atoms with van der Waals surface area (Å²) in [6.07, 6.45) is 0.459. The van der Waals surface area contributed by atoms with E-state index < -0.39 is 84.9 Å². The van der Waals surface area contributed by atoms with Gasteiger partial charge in [-0.2, -0.15) is 0 Å². The zero-order chi connectivity index (χ0) is 39.9. The molecule has 3 aromatic carbocycles. The standard InChI is InChI=1S/C33H33BClFN5O13P/c35-24-21(15-22(36)26(42)27(24)43)30(45)39-10-8-18(9-11-39)40-12-13-41(33(40)49)32(48)38-25(16-4-6-19(7-5-16)55(51,52)53)29(44)37-23-14-17-2-1-3-20(31(46)47)28(17)54-34(23)50/h1-7,15,18,23,25,42-43,50H,8-14H2,(H,37,44)(H,38,48)(H,46,47)(H2,51,52,53)/t23-,25+/m0/s1. The van der Waals surface area contributed by atoms with E-state index in [0.717, 1.165) is 17.0 Å². The van der Waals surface area contributed by atoms with Crippen molar-refractivity contribution in [1.82, 2.24) is 25.3 Å². The molecule has 0 saturated carbocycles. The average molecular weight is 804 g/mol. The number of nitrogens with zero attached hydrogens (tertiary/aromatic N) is 3. The number of likely N-dealkylation sites (tertiary alicyclic amines) is 1. The molecule has 290 valence electrons. The quantitative estimate of drug-likeness (QED) is 0.0909. The summed E-state index contributed by atoms with van der Waals surface area (Å²) < 4.78 is 31.3. The highest BCUT2D eigenvalue weighted by molar-refractivity contribution is 7.60. The molecule has 55 heavy (non-hydrogen) atoms. The first-order chi connectivity index (χ1) is 26.0. The van der Waals surface area contributed by atoms with Gasteiger partial charge in [0.25, 0.3) is 5.91 Å². The van der Waals surface area contributed by atoms with Crippen LogP contribution in [0, 0.1) is 5.82 Å². The van der Waals surface area contributed by atoms with E-state index >= 15 is 0 Å². The molecule has 0 radical (unpaired) electrons. The van der Waals surface area contributed by atoms with E-state index in [1.807, 2.05) is 0 Å². The Kier molecular flexibility index (Phi) is 11.0. The number of carbonyl (C=O) groups excluding carboxylic acids is 4. The number of urea groups is 2. The van der Waals surface area contributed by atoms with Gasteiger partial charge in [0, 0.05) is 32.2 Å². The third kappa shape index (κ3) is 7.90. The molecule has 0 aliphatic carbocycles. The van der Waals surface area contributed by atoms with E-state index in [2.05, 4.69) is 10.6 Å². The first-order valence-corrected chi connectivity index (χ1v) is 18.7.